The van der Waals surface area contributed by atoms with Gasteiger partial charge in [-0.15, -0.1) is 0 Å². The summed E-state index contributed by atoms with van der Waals surface area (Å²) >= 11 is 0. The van der Waals surface area contributed by atoms with Crippen LogP contribution in [0.25, 0.3) is 16.8 Å². The summed E-state index contributed by atoms with van der Waals surface area (Å²) in [6.07, 6.45) is 5.17. The molecule has 0 saturated carbocycles. The van der Waals surface area contributed by atoms with Gasteiger partial charge in [-0.1, -0.05) is 19.1 Å². The van der Waals surface area contributed by atoms with E-state index in [9.17, 15) is 9.18 Å². The van der Waals surface area contributed by atoms with Gasteiger partial charge in [0.2, 0.25) is 0 Å². The zero-order valence-electron chi connectivity index (χ0n) is 15.4. The molecule has 1 aromatic carbocycles. The maximum absolute atomic E-state index is 13.4. The molecule has 1 aliphatic rings. The molecule has 0 N–H and O–H groups in total. The normalized spacial score (nSPS) is 16.5. The second kappa shape index (κ2) is 6.41. The average Bonchev–Trinajstić information content (AvgIpc) is 3.35. The van der Waals surface area contributed by atoms with Crippen molar-refractivity contribution < 1.29 is 13.6 Å². The maximum atomic E-state index is 13.4. The number of carbonyl (C=O) groups is 1. The Bertz CT molecular complexity index is 1180. The fraction of sp³-hybridized carbons (Fsp3) is 0.227. The van der Waals surface area contributed by atoms with Crippen molar-refractivity contribution in [2.75, 3.05) is 0 Å². The smallest absolute Gasteiger partial charge is 0.167 e. The molecule has 0 saturated heterocycles. The molecule has 0 amide bonds. The zero-order chi connectivity index (χ0) is 19.3. The molecule has 1 unspecified atom stereocenters. The van der Waals surface area contributed by atoms with E-state index in [2.05, 4.69) is 5.10 Å². The van der Waals surface area contributed by atoms with Crippen molar-refractivity contribution in [1.29, 1.82) is 0 Å². The Balaban J connectivity index is 1.67. The number of hydrogen-bond donors (Lipinski definition) is 0. The van der Waals surface area contributed by atoms with Crippen LogP contribution in [0.4, 0.5) is 4.39 Å². The molecule has 0 spiro atoms. The van der Waals surface area contributed by atoms with Crippen molar-refractivity contribution in [2.24, 2.45) is 0 Å². The van der Waals surface area contributed by atoms with Crippen LogP contribution in [-0.2, 0) is 12.8 Å². The number of carbonyl (C=O) groups excluding carboxylic acids is 1. The number of nitrogens with zero attached hydrogens (tertiary/aromatic N) is 3. The largest absolute Gasteiger partial charge is 0.469 e. The van der Waals surface area contributed by atoms with Crippen molar-refractivity contribution in [3.63, 3.8) is 0 Å². The topological polar surface area (TPSA) is 60.4 Å². The summed E-state index contributed by atoms with van der Waals surface area (Å²) in [7, 11) is 0. The van der Waals surface area contributed by atoms with Crippen LogP contribution < -0.4 is 0 Å². The van der Waals surface area contributed by atoms with Crippen LogP contribution in [0.3, 0.4) is 0 Å². The molecule has 28 heavy (non-hydrogen) atoms. The number of fused-ring (bicyclic) bond motifs is 2. The highest BCUT2D eigenvalue weighted by atomic mass is 19.1. The van der Waals surface area contributed by atoms with Crippen molar-refractivity contribution in [3.05, 3.63) is 77.4 Å². The highest BCUT2D eigenvalue weighted by Gasteiger charge is 2.30. The lowest BCUT2D eigenvalue weighted by Gasteiger charge is -2.21. The summed E-state index contributed by atoms with van der Waals surface area (Å²) in [6, 6.07) is 10.1. The first-order chi connectivity index (χ1) is 13.6. The number of aromatic nitrogens is 3. The first-order valence-corrected chi connectivity index (χ1v) is 9.37. The van der Waals surface area contributed by atoms with Crippen molar-refractivity contribution in [1.82, 2.24) is 14.6 Å². The van der Waals surface area contributed by atoms with E-state index in [1.54, 1.807) is 29.1 Å². The minimum absolute atomic E-state index is 0.00668. The maximum Gasteiger partial charge on any atom is 0.167 e. The van der Waals surface area contributed by atoms with E-state index in [1.807, 2.05) is 19.1 Å². The van der Waals surface area contributed by atoms with Gasteiger partial charge in [0.25, 0.3) is 0 Å². The molecule has 0 fully saturated rings. The quantitative estimate of drug-likeness (QED) is 0.525. The van der Waals surface area contributed by atoms with Crippen molar-refractivity contribution in [2.45, 2.75) is 32.1 Å². The molecule has 0 bridgehead atoms. The lowest BCUT2D eigenvalue weighted by molar-refractivity contribution is 0.0958. The van der Waals surface area contributed by atoms with Crippen molar-refractivity contribution >= 4 is 11.4 Å². The predicted molar refractivity (Wildman–Crippen MR) is 102 cm³/mol. The fourth-order valence-electron chi connectivity index (χ4n) is 3.97. The first-order valence-electron chi connectivity index (χ1n) is 9.37. The molecule has 3 aromatic heterocycles. The lowest BCUT2D eigenvalue weighted by atomic mass is 9.85. The number of hydrogen-bond acceptors (Lipinski definition) is 4. The van der Waals surface area contributed by atoms with Crippen LogP contribution in [-0.4, -0.2) is 20.4 Å². The van der Waals surface area contributed by atoms with E-state index in [1.165, 1.54) is 12.1 Å². The monoisotopic (exact) mass is 375 g/mol. The predicted octanol–water partition coefficient (Wildman–Crippen LogP) is 4.60. The molecular formula is C22H18FN3O2. The Morgan fingerprint density at radius 1 is 1.21 bits per heavy atom. The van der Waals surface area contributed by atoms with E-state index in [-0.39, 0.29) is 17.5 Å². The summed E-state index contributed by atoms with van der Waals surface area (Å²) in [6.45, 7) is 2.02. The van der Waals surface area contributed by atoms with E-state index in [0.29, 0.717) is 30.5 Å². The van der Waals surface area contributed by atoms with Gasteiger partial charge >= 0.3 is 0 Å². The number of ketones is 1. The second-order valence-corrected chi connectivity index (χ2v) is 7.10. The number of benzene rings is 1. The zero-order valence-corrected chi connectivity index (χ0v) is 15.4. The molecule has 3 heterocycles. The van der Waals surface area contributed by atoms with Crippen LogP contribution in [0.2, 0.25) is 0 Å². The van der Waals surface area contributed by atoms with Gasteiger partial charge in [-0.2, -0.15) is 5.10 Å². The van der Waals surface area contributed by atoms with Gasteiger partial charge in [0.15, 0.2) is 11.4 Å². The summed E-state index contributed by atoms with van der Waals surface area (Å²) in [5.41, 5.74) is 4.69. The number of Topliss-reactive ketones (excluding diaryl/α,β-unsaturated/α-hetero) is 1. The van der Waals surface area contributed by atoms with Gasteiger partial charge in [-0.3, -0.25) is 4.79 Å². The number of halogens is 1. The fourth-order valence-corrected chi connectivity index (χ4v) is 3.97. The SMILES string of the molecule is CCc1nn2cc3c(nc2c1-c1ccc(F)cc1)CC(c1ccco1)CC3=O. The second-order valence-electron chi connectivity index (χ2n) is 7.10. The Morgan fingerprint density at radius 2 is 2.04 bits per heavy atom. The van der Waals surface area contributed by atoms with Crippen molar-refractivity contribution in [3.8, 4) is 11.1 Å². The molecule has 1 aliphatic carbocycles. The minimum atomic E-state index is -0.282. The van der Waals surface area contributed by atoms with Gasteiger partial charge < -0.3 is 4.42 Å². The Kier molecular flexibility index (Phi) is 3.86. The summed E-state index contributed by atoms with van der Waals surface area (Å²) in [4.78, 5) is 17.6. The molecule has 5 rings (SSSR count). The van der Waals surface area contributed by atoms with Gasteiger partial charge in [0.1, 0.15) is 11.6 Å². The van der Waals surface area contributed by atoms with E-state index in [0.717, 1.165) is 28.3 Å². The van der Waals surface area contributed by atoms with E-state index >= 15 is 0 Å². The molecule has 0 aliphatic heterocycles. The third-order valence-electron chi connectivity index (χ3n) is 5.35. The molecule has 4 aromatic rings. The molecule has 5 nitrogen and oxygen atoms in total. The molecule has 1 atom stereocenters. The summed E-state index contributed by atoms with van der Waals surface area (Å²) < 4.78 is 20.6. The highest BCUT2D eigenvalue weighted by molar-refractivity contribution is 5.99. The number of rotatable bonds is 3. The van der Waals surface area contributed by atoms with E-state index < -0.39 is 0 Å². The molecule has 140 valence electrons. The van der Waals surface area contributed by atoms with Crippen LogP contribution in [0.15, 0.2) is 53.3 Å². The third-order valence-corrected chi connectivity index (χ3v) is 5.35. The molecular weight excluding hydrogens is 357 g/mol. The average molecular weight is 375 g/mol. The number of furan rings is 1. The van der Waals surface area contributed by atoms with E-state index in [4.69, 9.17) is 9.40 Å². The standard InChI is InChI=1S/C22H18FN3O2/c1-2-17-21(13-5-7-15(23)8-6-13)22-24-18-10-14(20-4-3-9-28-20)11-19(27)16(18)12-26(22)25-17/h3-9,12,14H,2,10-11H2,1H3. The molecule has 6 heteroatoms. The van der Waals surface area contributed by atoms with Crippen LogP contribution >= 0.6 is 0 Å². The van der Waals surface area contributed by atoms with Gasteiger partial charge in [-0.05, 0) is 36.2 Å². The van der Waals surface area contributed by atoms with Gasteiger partial charge in [0, 0.05) is 30.5 Å². The van der Waals surface area contributed by atoms with Gasteiger partial charge in [0.05, 0.1) is 23.2 Å². The first kappa shape index (κ1) is 16.9. The van der Waals surface area contributed by atoms with Crippen LogP contribution in [0.5, 0.6) is 0 Å². The van der Waals surface area contributed by atoms with Crippen LogP contribution in [0.1, 0.15) is 46.8 Å². The molecule has 0 radical (unpaired) electrons. The Morgan fingerprint density at radius 3 is 2.75 bits per heavy atom. The van der Waals surface area contributed by atoms with Gasteiger partial charge in [-0.25, -0.2) is 13.9 Å². The Hall–Kier alpha value is -3.28. The summed E-state index contributed by atoms with van der Waals surface area (Å²) in [5.74, 6) is 0.569. The lowest BCUT2D eigenvalue weighted by Crippen LogP contribution is -2.21. The number of aryl methyl sites for hydroxylation is 1. The highest BCUT2D eigenvalue weighted by Crippen LogP contribution is 2.34. The third kappa shape index (κ3) is 2.64. The minimum Gasteiger partial charge on any atom is -0.469 e. The Labute approximate surface area is 160 Å². The van der Waals surface area contributed by atoms with Crippen LogP contribution in [0, 0.1) is 5.82 Å². The summed E-state index contributed by atoms with van der Waals surface area (Å²) in [5, 5.41) is 4.63.